The largest absolute Gasteiger partial charge is 0.295 e. The van der Waals surface area contributed by atoms with Crippen LogP contribution in [0.1, 0.15) is 37.2 Å². The number of ketones is 1. The minimum absolute atomic E-state index is 0.0878. The third-order valence-electron chi connectivity index (χ3n) is 3.44. The van der Waals surface area contributed by atoms with Gasteiger partial charge in [-0.1, -0.05) is 35.9 Å². The van der Waals surface area contributed by atoms with E-state index in [1.165, 1.54) is 0 Å². The topological polar surface area (TPSA) is 60.2 Å². The van der Waals surface area contributed by atoms with E-state index in [1.807, 2.05) is 30.3 Å². The van der Waals surface area contributed by atoms with Crippen LogP contribution in [-0.2, 0) is 4.79 Å². The van der Waals surface area contributed by atoms with Crippen molar-refractivity contribution in [2.75, 3.05) is 6.54 Å². The number of hydrogen-bond donors (Lipinski definition) is 0. The maximum atomic E-state index is 11.4. The molecule has 19 heavy (non-hydrogen) atoms. The molecule has 0 bridgehead atoms. The first-order chi connectivity index (χ1) is 9.15. The van der Waals surface area contributed by atoms with E-state index in [2.05, 4.69) is 0 Å². The summed E-state index contributed by atoms with van der Waals surface area (Å²) in [6.45, 7) is -0.0878. The van der Waals surface area contributed by atoms with Gasteiger partial charge in [-0.3, -0.25) is 14.9 Å². The fourth-order valence-corrected chi connectivity index (χ4v) is 2.53. The van der Waals surface area contributed by atoms with Crippen molar-refractivity contribution in [2.24, 2.45) is 0 Å². The van der Waals surface area contributed by atoms with Crippen molar-refractivity contribution in [1.82, 2.24) is 0 Å². The Bertz CT molecular complexity index is 493. The molecule has 0 heterocycles. The highest BCUT2D eigenvalue weighted by atomic mass is 16.6. The first kappa shape index (κ1) is 13.5. The molecule has 1 aliphatic carbocycles. The molecule has 2 rings (SSSR count). The van der Waals surface area contributed by atoms with Crippen LogP contribution in [0.4, 0.5) is 0 Å². The summed E-state index contributed by atoms with van der Waals surface area (Å²) in [4.78, 5) is 21.9. The van der Waals surface area contributed by atoms with Gasteiger partial charge in [0.1, 0.15) is 0 Å². The first-order valence-corrected chi connectivity index (χ1v) is 6.54. The van der Waals surface area contributed by atoms with E-state index in [0.717, 1.165) is 24.0 Å². The van der Waals surface area contributed by atoms with Gasteiger partial charge < -0.3 is 0 Å². The number of nitrogens with zero attached hydrogens (tertiary/aromatic N) is 1. The number of allylic oxidation sites excluding steroid dienone is 2. The minimum atomic E-state index is -0.275. The molecule has 1 aliphatic rings. The fraction of sp³-hybridized carbons (Fsp3) is 0.400. The monoisotopic (exact) mass is 259 g/mol. The van der Waals surface area contributed by atoms with Crippen molar-refractivity contribution in [3.05, 3.63) is 57.7 Å². The zero-order chi connectivity index (χ0) is 13.7. The molecular weight excluding hydrogens is 242 g/mol. The summed E-state index contributed by atoms with van der Waals surface area (Å²) in [5, 5.41) is 10.8. The van der Waals surface area contributed by atoms with E-state index in [4.69, 9.17) is 0 Å². The summed E-state index contributed by atoms with van der Waals surface area (Å²) >= 11 is 0. The first-order valence-electron chi connectivity index (χ1n) is 6.54. The number of nitro groups is 1. The summed E-state index contributed by atoms with van der Waals surface area (Å²) in [7, 11) is 0. The number of benzene rings is 1. The lowest BCUT2D eigenvalue weighted by Crippen LogP contribution is -2.15. The molecule has 0 unspecified atom stereocenters. The van der Waals surface area contributed by atoms with Crippen LogP contribution in [0.25, 0.3) is 0 Å². The van der Waals surface area contributed by atoms with Gasteiger partial charge >= 0.3 is 0 Å². The summed E-state index contributed by atoms with van der Waals surface area (Å²) in [6.07, 6.45) is 4.64. The molecule has 0 spiro atoms. The van der Waals surface area contributed by atoms with Crippen molar-refractivity contribution >= 4 is 5.78 Å². The molecule has 1 aromatic rings. The Morgan fingerprint density at radius 1 is 1.21 bits per heavy atom. The van der Waals surface area contributed by atoms with E-state index >= 15 is 0 Å². The number of rotatable bonds is 5. The van der Waals surface area contributed by atoms with Crippen molar-refractivity contribution < 1.29 is 9.72 Å². The highest BCUT2D eigenvalue weighted by molar-refractivity contribution is 5.91. The van der Waals surface area contributed by atoms with Crippen LogP contribution in [0.5, 0.6) is 0 Å². The second-order valence-electron chi connectivity index (χ2n) is 4.95. The highest BCUT2D eigenvalue weighted by Gasteiger charge is 2.21. The molecular formula is C15H17NO3. The zero-order valence-corrected chi connectivity index (χ0v) is 10.7. The van der Waals surface area contributed by atoms with E-state index in [1.54, 1.807) is 6.08 Å². The number of carbonyl (C=O) groups is 1. The normalized spacial score (nSPS) is 16.8. The summed E-state index contributed by atoms with van der Waals surface area (Å²) in [5.74, 6) is 0.00233. The Labute approximate surface area is 112 Å². The Hall–Kier alpha value is -1.97. The molecule has 4 heteroatoms. The molecule has 0 aromatic heterocycles. The van der Waals surface area contributed by atoms with E-state index in [0.29, 0.717) is 12.8 Å². The second kappa shape index (κ2) is 6.27. The molecule has 1 atom stereocenters. The average Bonchev–Trinajstić information content (AvgIpc) is 2.38. The van der Waals surface area contributed by atoms with E-state index in [-0.39, 0.29) is 23.2 Å². The lowest BCUT2D eigenvalue weighted by molar-refractivity contribution is -0.483. The quantitative estimate of drug-likeness (QED) is 0.603. The molecule has 0 aliphatic heterocycles. The SMILES string of the molecule is O=C1C=C(C[C@@H](C[N+](=O)[O-])c2ccccc2)CCC1. The minimum Gasteiger partial charge on any atom is -0.295 e. The van der Waals surface area contributed by atoms with Crippen LogP contribution in [-0.4, -0.2) is 17.3 Å². The Morgan fingerprint density at radius 2 is 1.95 bits per heavy atom. The van der Waals surface area contributed by atoms with Crippen LogP contribution >= 0.6 is 0 Å². The molecule has 0 saturated heterocycles. The predicted molar refractivity (Wildman–Crippen MR) is 72.6 cm³/mol. The number of hydrogen-bond acceptors (Lipinski definition) is 3. The van der Waals surface area contributed by atoms with Gasteiger partial charge in [0.2, 0.25) is 6.54 Å². The third kappa shape index (κ3) is 4.02. The maximum absolute atomic E-state index is 11.4. The molecule has 0 amide bonds. The van der Waals surface area contributed by atoms with E-state index in [9.17, 15) is 14.9 Å². The van der Waals surface area contributed by atoms with Crippen molar-refractivity contribution in [2.45, 2.75) is 31.6 Å². The van der Waals surface area contributed by atoms with Crippen molar-refractivity contribution in [1.29, 1.82) is 0 Å². The van der Waals surface area contributed by atoms with Gasteiger partial charge in [0, 0.05) is 11.3 Å². The standard InChI is InChI=1S/C15H17NO3/c17-15-8-4-5-12(10-15)9-14(11-16(18)19)13-6-2-1-3-7-13/h1-3,6-7,10,14H,4-5,8-9,11H2/t14-/m0/s1. The van der Waals surface area contributed by atoms with Gasteiger partial charge in [0.05, 0.1) is 5.92 Å². The molecule has 100 valence electrons. The second-order valence-corrected chi connectivity index (χ2v) is 4.95. The van der Waals surface area contributed by atoms with E-state index < -0.39 is 0 Å². The summed E-state index contributed by atoms with van der Waals surface area (Å²) in [6, 6.07) is 9.51. The Kier molecular flexibility index (Phi) is 4.44. The van der Waals surface area contributed by atoms with Gasteiger partial charge in [-0.25, -0.2) is 0 Å². The third-order valence-corrected chi connectivity index (χ3v) is 3.44. The van der Waals surface area contributed by atoms with Crippen LogP contribution in [0.3, 0.4) is 0 Å². The van der Waals surface area contributed by atoms with Gasteiger partial charge in [0.25, 0.3) is 0 Å². The van der Waals surface area contributed by atoms with Gasteiger partial charge in [-0.15, -0.1) is 0 Å². The van der Waals surface area contributed by atoms with Crippen LogP contribution < -0.4 is 0 Å². The van der Waals surface area contributed by atoms with Crippen molar-refractivity contribution in [3.63, 3.8) is 0 Å². The smallest absolute Gasteiger partial charge is 0.210 e. The van der Waals surface area contributed by atoms with Crippen LogP contribution in [0, 0.1) is 10.1 Å². The van der Waals surface area contributed by atoms with Gasteiger partial charge in [0.15, 0.2) is 5.78 Å². The molecule has 0 saturated carbocycles. The average molecular weight is 259 g/mol. The molecule has 0 radical (unpaired) electrons. The highest BCUT2D eigenvalue weighted by Crippen LogP contribution is 2.28. The summed E-state index contributed by atoms with van der Waals surface area (Å²) in [5.41, 5.74) is 2.02. The molecule has 0 N–H and O–H groups in total. The lowest BCUT2D eigenvalue weighted by atomic mass is 9.87. The number of carbonyl (C=O) groups excluding carboxylic acids is 1. The Morgan fingerprint density at radius 3 is 2.58 bits per heavy atom. The predicted octanol–water partition coefficient (Wildman–Crippen LogP) is 3.12. The Balaban J connectivity index is 2.14. The van der Waals surface area contributed by atoms with Crippen LogP contribution in [0.15, 0.2) is 42.0 Å². The zero-order valence-electron chi connectivity index (χ0n) is 10.7. The molecule has 0 fully saturated rings. The van der Waals surface area contributed by atoms with Gasteiger partial charge in [-0.2, -0.15) is 0 Å². The molecule has 4 nitrogen and oxygen atoms in total. The van der Waals surface area contributed by atoms with Crippen LogP contribution in [0.2, 0.25) is 0 Å². The summed E-state index contributed by atoms with van der Waals surface area (Å²) < 4.78 is 0. The fourth-order valence-electron chi connectivity index (χ4n) is 2.53. The van der Waals surface area contributed by atoms with Crippen molar-refractivity contribution in [3.8, 4) is 0 Å². The molecule has 1 aromatic carbocycles. The maximum Gasteiger partial charge on any atom is 0.210 e. The van der Waals surface area contributed by atoms with Gasteiger partial charge in [-0.05, 0) is 30.9 Å². The lowest BCUT2D eigenvalue weighted by Gasteiger charge is -2.17.